The highest BCUT2D eigenvalue weighted by molar-refractivity contribution is 5.76. The molecule has 0 aliphatic rings. The van der Waals surface area contributed by atoms with Crippen molar-refractivity contribution < 1.29 is 22.4 Å². The van der Waals surface area contributed by atoms with Crippen LogP contribution in [0.4, 0.5) is 17.6 Å². The van der Waals surface area contributed by atoms with Crippen molar-refractivity contribution >= 4 is 5.91 Å². The second-order valence-electron chi connectivity index (χ2n) is 5.12. The molecule has 0 aliphatic carbocycles. The third kappa shape index (κ3) is 4.80. The van der Waals surface area contributed by atoms with E-state index in [-0.39, 0.29) is 18.4 Å². The molecule has 8 heteroatoms. The van der Waals surface area contributed by atoms with Gasteiger partial charge in [-0.15, -0.1) is 0 Å². The van der Waals surface area contributed by atoms with E-state index in [4.69, 9.17) is 0 Å². The number of amides is 1. The van der Waals surface area contributed by atoms with Crippen molar-refractivity contribution in [2.75, 3.05) is 0 Å². The Morgan fingerprint density at radius 1 is 1.30 bits per heavy atom. The smallest absolute Gasteiger partial charge is 0.341 e. The van der Waals surface area contributed by atoms with Gasteiger partial charge in [-0.3, -0.25) is 9.48 Å². The zero-order chi connectivity index (χ0) is 17.0. The fourth-order valence-electron chi connectivity index (χ4n) is 2.10. The van der Waals surface area contributed by atoms with Crippen LogP contribution in [0.15, 0.2) is 36.7 Å². The first-order chi connectivity index (χ1) is 10.8. The molecular formula is C15H15F4N3O. The summed E-state index contributed by atoms with van der Waals surface area (Å²) in [5, 5.41) is 5.88. The van der Waals surface area contributed by atoms with E-state index in [1.807, 2.05) is 5.32 Å². The predicted molar refractivity (Wildman–Crippen MR) is 74.9 cm³/mol. The number of aryl methyl sites for hydroxylation is 2. The molecule has 2 rings (SSSR count). The van der Waals surface area contributed by atoms with Gasteiger partial charge in [-0.25, -0.2) is 4.39 Å². The molecule has 2 aromatic rings. The normalized spacial score (nSPS) is 12.9. The van der Waals surface area contributed by atoms with Gasteiger partial charge in [0.2, 0.25) is 5.91 Å². The molecule has 0 unspecified atom stereocenters. The van der Waals surface area contributed by atoms with Crippen LogP contribution in [0.5, 0.6) is 0 Å². The van der Waals surface area contributed by atoms with Crippen LogP contribution in [0, 0.1) is 5.82 Å². The van der Waals surface area contributed by atoms with Gasteiger partial charge in [0.1, 0.15) is 5.82 Å². The first-order valence-electron chi connectivity index (χ1n) is 6.85. The fraction of sp³-hybridized carbons (Fsp3) is 0.333. The third-order valence-corrected chi connectivity index (χ3v) is 3.24. The Labute approximate surface area is 130 Å². The zero-order valence-electron chi connectivity index (χ0n) is 12.3. The lowest BCUT2D eigenvalue weighted by Crippen LogP contribution is -2.38. The Balaban J connectivity index is 2.02. The molecule has 4 nitrogen and oxygen atoms in total. The van der Waals surface area contributed by atoms with Crippen molar-refractivity contribution in [3.05, 3.63) is 53.6 Å². The molecule has 0 spiro atoms. The highest BCUT2D eigenvalue weighted by Gasteiger charge is 2.41. The maximum atomic E-state index is 13.1. The molecule has 0 radical (unpaired) electrons. The van der Waals surface area contributed by atoms with Crippen molar-refractivity contribution in [3.63, 3.8) is 0 Å². The van der Waals surface area contributed by atoms with Crippen LogP contribution < -0.4 is 5.32 Å². The van der Waals surface area contributed by atoms with Gasteiger partial charge in [0, 0.05) is 19.7 Å². The lowest BCUT2D eigenvalue weighted by Gasteiger charge is -2.22. The van der Waals surface area contributed by atoms with E-state index in [9.17, 15) is 22.4 Å². The SMILES string of the molecule is Cn1cc(CCC(=O)N[C@H](c2ccc(F)cc2)C(F)(F)F)cn1. The number of hydrogen-bond donors (Lipinski definition) is 1. The van der Waals surface area contributed by atoms with Gasteiger partial charge in [0.15, 0.2) is 6.04 Å². The van der Waals surface area contributed by atoms with E-state index >= 15 is 0 Å². The minimum Gasteiger partial charge on any atom is -0.341 e. The average molecular weight is 329 g/mol. The Hall–Kier alpha value is -2.38. The summed E-state index contributed by atoms with van der Waals surface area (Å²) in [6.45, 7) is 0. The van der Waals surface area contributed by atoms with Crippen LogP contribution in [0.3, 0.4) is 0 Å². The molecule has 1 atom stereocenters. The van der Waals surface area contributed by atoms with Crippen LogP contribution in [0.2, 0.25) is 0 Å². The van der Waals surface area contributed by atoms with Crippen LogP contribution in [-0.4, -0.2) is 21.9 Å². The van der Waals surface area contributed by atoms with Gasteiger partial charge in [-0.1, -0.05) is 12.1 Å². The number of benzene rings is 1. The van der Waals surface area contributed by atoms with Gasteiger partial charge in [0.05, 0.1) is 6.20 Å². The Bertz CT molecular complexity index is 664. The molecule has 0 saturated carbocycles. The van der Waals surface area contributed by atoms with Crippen molar-refractivity contribution in [1.29, 1.82) is 0 Å². The first kappa shape index (κ1) is 17.0. The van der Waals surface area contributed by atoms with Crippen molar-refractivity contribution in [2.45, 2.75) is 25.1 Å². The molecule has 1 heterocycles. The predicted octanol–water partition coefficient (Wildman–Crippen LogP) is 2.91. The second-order valence-corrected chi connectivity index (χ2v) is 5.12. The topological polar surface area (TPSA) is 46.9 Å². The second kappa shape index (κ2) is 6.80. The summed E-state index contributed by atoms with van der Waals surface area (Å²) in [6, 6.07) is 1.71. The molecular weight excluding hydrogens is 314 g/mol. The summed E-state index contributed by atoms with van der Waals surface area (Å²) in [4.78, 5) is 11.8. The largest absolute Gasteiger partial charge is 0.412 e. The molecule has 0 aliphatic heterocycles. The maximum Gasteiger partial charge on any atom is 0.412 e. The standard InChI is InChI=1S/C15H15F4N3O/c1-22-9-10(8-20-22)2-7-13(23)21-14(15(17,18)19)11-3-5-12(16)6-4-11/h3-6,8-9,14H,2,7H2,1H3,(H,21,23)/t14-/m1/s1. The number of nitrogens with one attached hydrogen (secondary N) is 1. The van der Waals surface area contributed by atoms with Crippen LogP contribution >= 0.6 is 0 Å². The molecule has 0 saturated heterocycles. The highest BCUT2D eigenvalue weighted by Crippen LogP contribution is 2.32. The quantitative estimate of drug-likeness (QED) is 0.858. The molecule has 1 aromatic heterocycles. The van der Waals surface area contributed by atoms with Gasteiger partial charge in [-0.2, -0.15) is 18.3 Å². The summed E-state index contributed by atoms with van der Waals surface area (Å²) in [6.07, 6.45) is -1.24. The molecule has 1 amide bonds. The van der Waals surface area contributed by atoms with E-state index in [0.29, 0.717) is 0 Å². The van der Waals surface area contributed by atoms with Crippen molar-refractivity contribution in [2.24, 2.45) is 7.05 Å². The van der Waals surface area contributed by atoms with Gasteiger partial charge >= 0.3 is 6.18 Å². The lowest BCUT2D eigenvalue weighted by atomic mass is 10.1. The minimum absolute atomic E-state index is 0.0977. The Morgan fingerprint density at radius 3 is 2.48 bits per heavy atom. The molecule has 124 valence electrons. The average Bonchev–Trinajstić information content (AvgIpc) is 2.88. The van der Waals surface area contributed by atoms with E-state index in [1.165, 1.54) is 0 Å². The molecule has 23 heavy (non-hydrogen) atoms. The summed E-state index contributed by atoms with van der Waals surface area (Å²) >= 11 is 0. The number of alkyl halides is 3. The number of carbonyl (C=O) groups excluding carboxylic acids is 1. The van der Waals surface area contributed by atoms with Crippen LogP contribution in [0.25, 0.3) is 0 Å². The minimum atomic E-state index is -4.66. The fourth-order valence-corrected chi connectivity index (χ4v) is 2.10. The molecule has 1 aromatic carbocycles. The molecule has 0 fully saturated rings. The number of hydrogen-bond acceptors (Lipinski definition) is 2. The van der Waals surface area contributed by atoms with Crippen LogP contribution in [-0.2, 0) is 18.3 Å². The maximum absolute atomic E-state index is 13.1. The Kier molecular flexibility index (Phi) is 5.02. The number of aromatic nitrogens is 2. The van der Waals surface area contributed by atoms with Crippen molar-refractivity contribution in [1.82, 2.24) is 15.1 Å². The van der Waals surface area contributed by atoms with E-state index in [0.717, 1.165) is 29.8 Å². The molecule has 1 N–H and O–H groups in total. The lowest BCUT2D eigenvalue weighted by molar-refractivity contribution is -0.163. The van der Waals surface area contributed by atoms with E-state index in [2.05, 4.69) is 5.10 Å². The molecule has 0 bridgehead atoms. The summed E-state index contributed by atoms with van der Waals surface area (Å²) in [5.74, 6) is -1.38. The van der Waals surface area contributed by atoms with Crippen LogP contribution in [0.1, 0.15) is 23.6 Å². The van der Waals surface area contributed by atoms with Gasteiger partial charge < -0.3 is 5.32 Å². The third-order valence-electron chi connectivity index (χ3n) is 3.24. The summed E-state index contributed by atoms with van der Waals surface area (Å²) in [7, 11) is 1.71. The van der Waals surface area contributed by atoms with E-state index in [1.54, 1.807) is 24.1 Å². The number of nitrogens with zero attached hydrogens (tertiary/aromatic N) is 2. The summed E-state index contributed by atoms with van der Waals surface area (Å²) < 4.78 is 53.7. The number of rotatable bonds is 5. The summed E-state index contributed by atoms with van der Waals surface area (Å²) in [5.41, 5.74) is 0.543. The van der Waals surface area contributed by atoms with E-state index < -0.39 is 23.9 Å². The van der Waals surface area contributed by atoms with Crippen molar-refractivity contribution in [3.8, 4) is 0 Å². The first-order valence-corrected chi connectivity index (χ1v) is 6.85. The van der Waals surface area contributed by atoms with Gasteiger partial charge in [-0.05, 0) is 29.7 Å². The monoisotopic (exact) mass is 329 g/mol. The highest BCUT2D eigenvalue weighted by atomic mass is 19.4. The zero-order valence-corrected chi connectivity index (χ0v) is 12.3. The number of carbonyl (C=O) groups is 1. The Morgan fingerprint density at radius 2 is 1.96 bits per heavy atom. The van der Waals surface area contributed by atoms with Gasteiger partial charge in [0.25, 0.3) is 0 Å². The number of halogens is 4.